The standard InChI is InChI=1S/C15H21NO3/c1-3-19-14(17)13(12-7-5-4-6-8-12)16-15(2)9-10-18-11-15/h4-8,13,16H,3,9-11H2,1-2H3. The third-order valence-electron chi connectivity index (χ3n) is 3.37. The van der Waals surface area contributed by atoms with Crippen LogP contribution < -0.4 is 5.32 Å². The summed E-state index contributed by atoms with van der Waals surface area (Å²) in [7, 11) is 0. The average Bonchev–Trinajstić information content (AvgIpc) is 2.84. The minimum absolute atomic E-state index is 0.173. The Morgan fingerprint density at radius 3 is 2.79 bits per heavy atom. The van der Waals surface area contributed by atoms with Crippen LogP contribution in [0.4, 0.5) is 0 Å². The van der Waals surface area contributed by atoms with E-state index in [1.807, 2.05) is 37.3 Å². The summed E-state index contributed by atoms with van der Waals surface area (Å²) in [6.45, 7) is 5.64. The van der Waals surface area contributed by atoms with Gasteiger partial charge in [-0.25, -0.2) is 4.79 Å². The van der Waals surface area contributed by atoms with Crippen molar-refractivity contribution in [3.8, 4) is 0 Å². The lowest BCUT2D eigenvalue weighted by Gasteiger charge is -2.29. The number of carbonyl (C=O) groups is 1. The van der Waals surface area contributed by atoms with Gasteiger partial charge in [0.05, 0.1) is 13.2 Å². The van der Waals surface area contributed by atoms with Crippen LogP contribution in [0.15, 0.2) is 30.3 Å². The smallest absolute Gasteiger partial charge is 0.327 e. The summed E-state index contributed by atoms with van der Waals surface area (Å²) < 4.78 is 10.6. The number of carbonyl (C=O) groups excluding carboxylic acids is 1. The monoisotopic (exact) mass is 263 g/mol. The molecule has 104 valence electrons. The van der Waals surface area contributed by atoms with E-state index in [-0.39, 0.29) is 11.5 Å². The first-order chi connectivity index (χ1) is 9.14. The van der Waals surface area contributed by atoms with Crippen molar-refractivity contribution in [2.45, 2.75) is 31.8 Å². The molecule has 2 rings (SSSR count). The highest BCUT2D eigenvalue weighted by Gasteiger charge is 2.35. The lowest BCUT2D eigenvalue weighted by molar-refractivity contribution is -0.146. The normalized spacial score (nSPS) is 24.1. The number of benzene rings is 1. The maximum Gasteiger partial charge on any atom is 0.327 e. The highest BCUT2D eigenvalue weighted by molar-refractivity contribution is 5.77. The summed E-state index contributed by atoms with van der Waals surface area (Å²) in [6.07, 6.45) is 0.899. The lowest BCUT2D eigenvalue weighted by Crippen LogP contribution is -2.47. The van der Waals surface area contributed by atoms with E-state index in [0.29, 0.717) is 13.2 Å². The van der Waals surface area contributed by atoms with Crippen LogP contribution in [0, 0.1) is 0 Å². The first kappa shape index (κ1) is 14.0. The number of rotatable bonds is 5. The Morgan fingerprint density at radius 1 is 1.47 bits per heavy atom. The predicted molar refractivity (Wildman–Crippen MR) is 72.8 cm³/mol. The second-order valence-corrected chi connectivity index (χ2v) is 5.10. The molecule has 0 bridgehead atoms. The van der Waals surface area contributed by atoms with Gasteiger partial charge < -0.3 is 9.47 Å². The summed E-state index contributed by atoms with van der Waals surface area (Å²) in [5, 5.41) is 3.39. The zero-order valence-electron chi connectivity index (χ0n) is 11.5. The molecule has 4 heteroatoms. The third-order valence-corrected chi connectivity index (χ3v) is 3.37. The summed E-state index contributed by atoms with van der Waals surface area (Å²) in [5.41, 5.74) is 0.752. The molecule has 1 saturated heterocycles. The molecule has 0 aliphatic carbocycles. The van der Waals surface area contributed by atoms with E-state index in [0.717, 1.165) is 18.6 Å². The van der Waals surface area contributed by atoms with Crippen LogP contribution in [0.2, 0.25) is 0 Å². The minimum atomic E-state index is -0.437. The number of esters is 1. The lowest BCUT2D eigenvalue weighted by atomic mass is 9.97. The van der Waals surface area contributed by atoms with Crippen molar-refractivity contribution in [3.05, 3.63) is 35.9 Å². The van der Waals surface area contributed by atoms with E-state index in [1.165, 1.54) is 0 Å². The molecule has 1 aliphatic heterocycles. The van der Waals surface area contributed by atoms with Crippen LogP contribution in [0.3, 0.4) is 0 Å². The average molecular weight is 263 g/mol. The Bertz CT molecular complexity index is 413. The van der Waals surface area contributed by atoms with Gasteiger partial charge in [0.15, 0.2) is 0 Å². The summed E-state index contributed by atoms with van der Waals surface area (Å²) >= 11 is 0. The Balaban J connectivity index is 2.17. The molecule has 2 atom stereocenters. The zero-order valence-corrected chi connectivity index (χ0v) is 11.5. The van der Waals surface area contributed by atoms with Crippen molar-refractivity contribution in [1.29, 1.82) is 0 Å². The summed E-state index contributed by atoms with van der Waals surface area (Å²) in [4.78, 5) is 12.1. The number of hydrogen-bond donors (Lipinski definition) is 1. The Morgan fingerprint density at radius 2 is 2.21 bits per heavy atom. The van der Waals surface area contributed by atoms with Gasteiger partial charge in [0.25, 0.3) is 0 Å². The molecule has 1 N–H and O–H groups in total. The number of hydrogen-bond acceptors (Lipinski definition) is 4. The quantitative estimate of drug-likeness (QED) is 0.826. The van der Waals surface area contributed by atoms with Crippen molar-refractivity contribution >= 4 is 5.97 Å². The van der Waals surface area contributed by atoms with Crippen LogP contribution in [-0.2, 0) is 14.3 Å². The fourth-order valence-electron chi connectivity index (χ4n) is 2.28. The molecule has 19 heavy (non-hydrogen) atoms. The van der Waals surface area contributed by atoms with Gasteiger partial charge in [0, 0.05) is 12.1 Å². The predicted octanol–water partition coefficient (Wildman–Crippen LogP) is 2.06. The largest absolute Gasteiger partial charge is 0.465 e. The molecule has 0 spiro atoms. The van der Waals surface area contributed by atoms with E-state index in [1.54, 1.807) is 0 Å². The van der Waals surface area contributed by atoms with Gasteiger partial charge in [-0.1, -0.05) is 30.3 Å². The van der Waals surface area contributed by atoms with E-state index in [9.17, 15) is 4.79 Å². The molecule has 4 nitrogen and oxygen atoms in total. The molecule has 0 amide bonds. The van der Waals surface area contributed by atoms with Crippen molar-refractivity contribution in [3.63, 3.8) is 0 Å². The van der Waals surface area contributed by atoms with Crippen molar-refractivity contribution < 1.29 is 14.3 Å². The van der Waals surface area contributed by atoms with E-state index in [4.69, 9.17) is 9.47 Å². The van der Waals surface area contributed by atoms with E-state index in [2.05, 4.69) is 12.2 Å². The Kier molecular flexibility index (Phi) is 4.56. The first-order valence-corrected chi connectivity index (χ1v) is 6.72. The number of ether oxygens (including phenoxy) is 2. The molecule has 1 aliphatic rings. The molecular formula is C15H21NO3. The Hall–Kier alpha value is -1.39. The molecule has 0 aromatic heterocycles. The maximum atomic E-state index is 12.1. The topological polar surface area (TPSA) is 47.6 Å². The third kappa shape index (κ3) is 3.55. The van der Waals surface area contributed by atoms with Gasteiger partial charge in [-0.05, 0) is 25.8 Å². The maximum absolute atomic E-state index is 12.1. The first-order valence-electron chi connectivity index (χ1n) is 6.72. The SMILES string of the molecule is CCOC(=O)C(NC1(C)CCOC1)c1ccccc1. The van der Waals surface area contributed by atoms with Crippen molar-refractivity contribution in [2.24, 2.45) is 0 Å². The van der Waals surface area contributed by atoms with Crippen molar-refractivity contribution in [2.75, 3.05) is 19.8 Å². The minimum Gasteiger partial charge on any atom is -0.465 e. The molecule has 1 aromatic carbocycles. The number of nitrogens with one attached hydrogen (secondary N) is 1. The van der Waals surface area contributed by atoms with Crippen LogP contribution in [-0.4, -0.2) is 31.3 Å². The zero-order chi connectivity index (χ0) is 13.7. The van der Waals surface area contributed by atoms with Crippen LogP contribution in [0.1, 0.15) is 31.9 Å². The van der Waals surface area contributed by atoms with Crippen LogP contribution >= 0.6 is 0 Å². The van der Waals surface area contributed by atoms with E-state index < -0.39 is 6.04 Å². The molecule has 1 aromatic rings. The van der Waals surface area contributed by atoms with Gasteiger partial charge in [-0.2, -0.15) is 0 Å². The Labute approximate surface area is 114 Å². The fraction of sp³-hybridized carbons (Fsp3) is 0.533. The molecule has 0 saturated carbocycles. The van der Waals surface area contributed by atoms with Crippen molar-refractivity contribution in [1.82, 2.24) is 5.32 Å². The van der Waals surface area contributed by atoms with Crippen LogP contribution in [0.25, 0.3) is 0 Å². The highest BCUT2D eigenvalue weighted by Crippen LogP contribution is 2.24. The second kappa shape index (κ2) is 6.17. The van der Waals surface area contributed by atoms with Gasteiger partial charge in [0.1, 0.15) is 6.04 Å². The van der Waals surface area contributed by atoms with Crippen LogP contribution in [0.5, 0.6) is 0 Å². The van der Waals surface area contributed by atoms with Gasteiger partial charge in [-0.3, -0.25) is 5.32 Å². The fourth-order valence-corrected chi connectivity index (χ4v) is 2.28. The molecule has 1 fully saturated rings. The molecule has 0 radical (unpaired) electrons. The van der Waals surface area contributed by atoms with Gasteiger partial charge >= 0.3 is 5.97 Å². The molecule has 1 heterocycles. The highest BCUT2D eigenvalue weighted by atomic mass is 16.5. The summed E-state index contributed by atoms with van der Waals surface area (Å²) in [5.74, 6) is -0.234. The van der Waals surface area contributed by atoms with Gasteiger partial charge in [0.2, 0.25) is 0 Å². The van der Waals surface area contributed by atoms with Gasteiger partial charge in [-0.15, -0.1) is 0 Å². The summed E-state index contributed by atoms with van der Waals surface area (Å²) in [6, 6.07) is 9.23. The molecular weight excluding hydrogens is 242 g/mol. The second-order valence-electron chi connectivity index (χ2n) is 5.10. The van der Waals surface area contributed by atoms with E-state index >= 15 is 0 Å². The molecule has 2 unspecified atom stereocenters.